The number of sulfone groups is 1. The summed E-state index contributed by atoms with van der Waals surface area (Å²) in [5.41, 5.74) is 7.60. The molecule has 4 nitrogen and oxygen atoms in total. The molecule has 0 heterocycles. The highest BCUT2D eigenvalue weighted by Crippen LogP contribution is 2.30. The van der Waals surface area contributed by atoms with Crippen molar-refractivity contribution in [3.8, 4) is 0 Å². The van der Waals surface area contributed by atoms with E-state index in [9.17, 15) is 8.42 Å². The molecule has 0 radical (unpaired) electrons. The minimum absolute atomic E-state index is 0.189. The van der Waals surface area contributed by atoms with Crippen molar-refractivity contribution in [1.29, 1.82) is 0 Å². The summed E-state index contributed by atoms with van der Waals surface area (Å²) in [7, 11) is -3.26. The zero-order valence-electron chi connectivity index (χ0n) is 10.5. The van der Waals surface area contributed by atoms with Crippen LogP contribution >= 0.6 is 27.5 Å². The molecule has 106 valence electrons. The fourth-order valence-corrected chi connectivity index (χ4v) is 2.70. The van der Waals surface area contributed by atoms with Crippen molar-refractivity contribution in [1.82, 2.24) is 0 Å². The molecule has 0 aliphatic rings. The van der Waals surface area contributed by atoms with Crippen molar-refractivity contribution in [2.75, 3.05) is 17.3 Å². The molecule has 0 aromatic heterocycles. The van der Waals surface area contributed by atoms with E-state index in [0.29, 0.717) is 16.4 Å². The Labute approximate surface area is 131 Å². The van der Waals surface area contributed by atoms with E-state index in [0.717, 1.165) is 16.4 Å². The van der Waals surface area contributed by atoms with Gasteiger partial charge in [-0.1, -0.05) is 11.6 Å². The molecule has 0 amide bonds. The predicted molar refractivity (Wildman–Crippen MR) is 86.4 cm³/mol. The van der Waals surface area contributed by atoms with Crippen molar-refractivity contribution in [3.05, 3.63) is 45.9 Å². The van der Waals surface area contributed by atoms with Gasteiger partial charge in [0, 0.05) is 16.4 Å². The summed E-state index contributed by atoms with van der Waals surface area (Å²) in [4.78, 5) is 0.189. The fourth-order valence-electron chi connectivity index (χ4n) is 1.61. The Morgan fingerprint density at radius 1 is 1.20 bits per heavy atom. The second kappa shape index (κ2) is 5.63. The van der Waals surface area contributed by atoms with Gasteiger partial charge in [-0.3, -0.25) is 0 Å². The Kier molecular flexibility index (Phi) is 4.27. The lowest BCUT2D eigenvalue weighted by Gasteiger charge is -2.11. The number of hydrogen-bond donors (Lipinski definition) is 2. The molecule has 2 aromatic rings. The SMILES string of the molecule is CS(=O)(=O)c1ccc(Nc2ccc(Br)c(Cl)c2)c(N)c1. The minimum atomic E-state index is -3.26. The molecule has 0 saturated carbocycles. The van der Waals surface area contributed by atoms with E-state index in [1.165, 1.54) is 12.1 Å². The molecule has 7 heteroatoms. The first-order chi connectivity index (χ1) is 9.27. The summed E-state index contributed by atoms with van der Waals surface area (Å²) in [5.74, 6) is 0. The third-order valence-corrected chi connectivity index (χ3v) is 4.99. The Bertz CT molecular complexity index is 763. The van der Waals surface area contributed by atoms with Crippen LogP contribution in [0.15, 0.2) is 45.8 Å². The number of nitrogens with two attached hydrogens (primary N) is 1. The van der Waals surface area contributed by atoms with Gasteiger partial charge in [0.2, 0.25) is 0 Å². The first-order valence-electron chi connectivity index (χ1n) is 5.59. The van der Waals surface area contributed by atoms with E-state index in [1.807, 2.05) is 12.1 Å². The molecule has 0 fully saturated rings. The van der Waals surface area contributed by atoms with E-state index in [1.54, 1.807) is 12.1 Å². The van der Waals surface area contributed by atoms with Crippen molar-refractivity contribution >= 4 is 54.4 Å². The first kappa shape index (κ1) is 15.2. The Balaban J connectivity index is 2.32. The predicted octanol–water partition coefficient (Wildman–Crippen LogP) is 3.83. The second-order valence-electron chi connectivity index (χ2n) is 4.28. The van der Waals surface area contributed by atoms with Crippen molar-refractivity contribution < 1.29 is 8.42 Å². The molecule has 0 aliphatic heterocycles. The number of anilines is 3. The molecule has 2 rings (SSSR count). The molecular weight excluding hydrogens is 364 g/mol. The highest BCUT2D eigenvalue weighted by molar-refractivity contribution is 9.10. The molecule has 0 bridgehead atoms. The van der Waals surface area contributed by atoms with Gasteiger partial charge in [0.05, 0.1) is 21.3 Å². The van der Waals surface area contributed by atoms with Crippen LogP contribution in [0.1, 0.15) is 0 Å². The Morgan fingerprint density at radius 3 is 2.45 bits per heavy atom. The van der Waals surface area contributed by atoms with Crippen LogP contribution < -0.4 is 11.1 Å². The molecule has 0 aliphatic carbocycles. The summed E-state index contributed by atoms with van der Waals surface area (Å²) in [5, 5.41) is 3.66. The monoisotopic (exact) mass is 374 g/mol. The lowest BCUT2D eigenvalue weighted by atomic mass is 10.2. The summed E-state index contributed by atoms with van der Waals surface area (Å²) in [6, 6.07) is 9.95. The number of rotatable bonds is 3. The zero-order valence-corrected chi connectivity index (χ0v) is 13.7. The maximum atomic E-state index is 11.4. The van der Waals surface area contributed by atoms with Gasteiger partial charge >= 0.3 is 0 Å². The molecule has 0 atom stereocenters. The Morgan fingerprint density at radius 2 is 1.90 bits per heavy atom. The van der Waals surface area contributed by atoms with Crippen LogP contribution in [-0.4, -0.2) is 14.7 Å². The van der Waals surface area contributed by atoms with Gasteiger partial charge in [0.1, 0.15) is 0 Å². The molecule has 20 heavy (non-hydrogen) atoms. The highest BCUT2D eigenvalue weighted by Gasteiger charge is 2.10. The van der Waals surface area contributed by atoms with E-state index < -0.39 is 9.84 Å². The van der Waals surface area contributed by atoms with Gasteiger partial charge in [0.15, 0.2) is 9.84 Å². The quantitative estimate of drug-likeness (QED) is 0.800. The summed E-state index contributed by atoms with van der Waals surface area (Å²) in [6.45, 7) is 0. The third kappa shape index (κ3) is 3.45. The zero-order chi connectivity index (χ0) is 14.9. The first-order valence-corrected chi connectivity index (χ1v) is 8.65. The third-order valence-electron chi connectivity index (χ3n) is 2.65. The number of nitrogens with one attached hydrogen (secondary N) is 1. The standard InChI is InChI=1S/C13H12BrClN2O2S/c1-20(18,19)9-3-5-13(12(16)7-9)17-8-2-4-10(14)11(15)6-8/h2-7,17H,16H2,1H3. The average molecular weight is 376 g/mol. The van der Waals surface area contributed by atoms with E-state index in [-0.39, 0.29) is 4.90 Å². The van der Waals surface area contributed by atoms with Crippen LogP contribution in [0.25, 0.3) is 0 Å². The van der Waals surface area contributed by atoms with Gasteiger partial charge in [-0.2, -0.15) is 0 Å². The van der Waals surface area contributed by atoms with Crippen LogP contribution in [0.5, 0.6) is 0 Å². The minimum Gasteiger partial charge on any atom is -0.397 e. The van der Waals surface area contributed by atoms with Crippen LogP contribution in [0.4, 0.5) is 17.1 Å². The van der Waals surface area contributed by atoms with Gasteiger partial charge < -0.3 is 11.1 Å². The molecular formula is C13H12BrClN2O2S. The maximum absolute atomic E-state index is 11.4. The van der Waals surface area contributed by atoms with Gasteiger partial charge in [-0.15, -0.1) is 0 Å². The smallest absolute Gasteiger partial charge is 0.175 e. The number of halogens is 2. The normalized spacial score (nSPS) is 11.3. The molecule has 0 unspecified atom stereocenters. The number of nitrogen functional groups attached to an aromatic ring is 1. The van der Waals surface area contributed by atoms with Crippen molar-refractivity contribution in [2.24, 2.45) is 0 Å². The Hall–Kier alpha value is -1.24. The van der Waals surface area contributed by atoms with E-state index in [4.69, 9.17) is 17.3 Å². The van der Waals surface area contributed by atoms with Gasteiger partial charge in [0.25, 0.3) is 0 Å². The number of benzene rings is 2. The molecule has 0 saturated heterocycles. The van der Waals surface area contributed by atoms with E-state index in [2.05, 4.69) is 21.2 Å². The molecule has 3 N–H and O–H groups in total. The summed E-state index contributed by atoms with van der Waals surface area (Å²) >= 11 is 9.32. The molecule has 0 spiro atoms. The topological polar surface area (TPSA) is 72.2 Å². The van der Waals surface area contributed by atoms with Crippen LogP contribution in [0.3, 0.4) is 0 Å². The summed E-state index contributed by atoms with van der Waals surface area (Å²) < 4.78 is 23.7. The fraction of sp³-hybridized carbons (Fsp3) is 0.0769. The van der Waals surface area contributed by atoms with E-state index >= 15 is 0 Å². The molecule has 2 aromatic carbocycles. The number of hydrogen-bond acceptors (Lipinski definition) is 4. The van der Waals surface area contributed by atoms with Gasteiger partial charge in [-0.05, 0) is 52.3 Å². The van der Waals surface area contributed by atoms with Crippen molar-refractivity contribution in [2.45, 2.75) is 4.90 Å². The summed E-state index contributed by atoms with van der Waals surface area (Å²) in [6.07, 6.45) is 1.14. The van der Waals surface area contributed by atoms with Crippen molar-refractivity contribution in [3.63, 3.8) is 0 Å². The average Bonchev–Trinajstić information content (AvgIpc) is 2.35. The van der Waals surface area contributed by atoms with Crippen LogP contribution in [0.2, 0.25) is 5.02 Å². The van der Waals surface area contributed by atoms with Crippen LogP contribution in [0, 0.1) is 0 Å². The lowest BCUT2D eigenvalue weighted by Crippen LogP contribution is -2.01. The second-order valence-corrected chi connectivity index (χ2v) is 7.55. The largest absolute Gasteiger partial charge is 0.397 e. The highest BCUT2D eigenvalue weighted by atomic mass is 79.9. The van der Waals surface area contributed by atoms with Crippen LogP contribution in [-0.2, 0) is 9.84 Å². The van der Waals surface area contributed by atoms with Gasteiger partial charge in [-0.25, -0.2) is 8.42 Å². The maximum Gasteiger partial charge on any atom is 0.175 e. The lowest BCUT2D eigenvalue weighted by molar-refractivity contribution is 0.602.